The summed E-state index contributed by atoms with van der Waals surface area (Å²) in [5.41, 5.74) is -0.0102. The van der Waals surface area contributed by atoms with Gasteiger partial charge in [-0.15, -0.1) is 0 Å². The molecule has 0 amide bonds. The minimum atomic E-state index is -4.45. The normalized spacial score (nSPS) is 12.5. The second kappa shape index (κ2) is 6.44. The van der Waals surface area contributed by atoms with E-state index in [4.69, 9.17) is 5.26 Å². The van der Waals surface area contributed by atoms with Crippen molar-refractivity contribution in [1.29, 1.82) is 5.26 Å². The smallest absolute Gasteiger partial charge is 0.297 e. The molecule has 0 spiro atoms. The van der Waals surface area contributed by atoms with Crippen LogP contribution < -0.4 is 0 Å². The number of nitrogens with zero attached hydrogens (tertiary/aromatic N) is 1. The molecule has 0 radical (unpaired) electrons. The number of rotatable bonds is 4. The first kappa shape index (κ1) is 15.8. The van der Waals surface area contributed by atoms with Crippen molar-refractivity contribution in [3.63, 3.8) is 0 Å². The molecule has 22 heavy (non-hydrogen) atoms. The summed E-state index contributed by atoms with van der Waals surface area (Å²) in [7, 11) is 0. The fourth-order valence-corrected chi connectivity index (χ4v) is 2.14. The topological polar surface area (TPSA) is 40.9 Å². The number of ketones is 1. The summed E-state index contributed by atoms with van der Waals surface area (Å²) in [6.45, 7) is 0. The highest BCUT2D eigenvalue weighted by molar-refractivity contribution is 5.90. The van der Waals surface area contributed by atoms with Gasteiger partial charge >= 0.3 is 6.18 Å². The lowest BCUT2D eigenvalue weighted by Crippen LogP contribution is -2.14. The minimum Gasteiger partial charge on any atom is -0.297 e. The van der Waals surface area contributed by atoms with E-state index in [9.17, 15) is 18.0 Å². The monoisotopic (exact) mass is 303 g/mol. The lowest BCUT2D eigenvalue weighted by Gasteiger charge is -2.11. The molecule has 2 rings (SSSR count). The predicted molar refractivity (Wildman–Crippen MR) is 75.0 cm³/mol. The molecule has 1 unspecified atom stereocenters. The number of hydrogen-bond donors (Lipinski definition) is 0. The van der Waals surface area contributed by atoms with Crippen LogP contribution in [0.25, 0.3) is 0 Å². The molecule has 0 heterocycles. The largest absolute Gasteiger partial charge is 0.416 e. The predicted octanol–water partition coefficient (Wildman–Crippen LogP) is 4.12. The van der Waals surface area contributed by atoms with E-state index in [-0.39, 0.29) is 12.0 Å². The van der Waals surface area contributed by atoms with E-state index in [2.05, 4.69) is 0 Å². The standard InChI is InChI=1S/C17H12F3NO/c18-17(19,20)14-8-4-5-12(9-14)10-16(22)15(11-21)13-6-2-1-3-7-13/h1-9,15H,10H2. The Morgan fingerprint density at radius 1 is 1.09 bits per heavy atom. The molecule has 0 bridgehead atoms. The van der Waals surface area contributed by atoms with Crippen LogP contribution >= 0.6 is 0 Å². The second-order valence-electron chi connectivity index (χ2n) is 4.81. The number of halogens is 3. The third kappa shape index (κ3) is 3.73. The third-order valence-electron chi connectivity index (χ3n) is 3.22. The molecule has 112 valence electrons. The molecule has 2 aromatic rings. The van der Waals surface area contributed by atoms with Crippen molar-refractivity contribution >= 4 is 5.78 Å². The number of benzene rings is 2. The van der Waals surface area contributed by atoms with E-state index in [0.29, 0.717) is 5.56 Å². The lowest BCUT2D eigenvalue weighted by atomic mass is 9.92. The van der Waals surface area contributed by atoms with Crippen LogP contribution in [0.1, 0.15) is 22.6 Å². The zero-order valence-corrected chi connectivity index (χ0v) is 11.5. The van der Waals surface area contributed by atoms with Crippen molar-refractivity contribution in [2.45, 2.75) is 18.5 Å². The van der Waals surface area contributed by atoms with Gasteiger partial charge in [-0.05, 0) is 17.2 Å². The molecule has 0 aliphatic heterocycles. The highest BCUT2D eigenvalue weighted by Gasteiger charge is 2.30. The Hall–Kier alpha value is -2.61. The quantitative estimate of drug-likeness (QED) is 0.852. The van der Waals surface area contributed by atoms with Crippen molar-refractivity contribution in [3.8, 4) is 6.07 Å². The molecule has 0 aliphatic rings. The van der Waals surface area contributed by atoms with Gasteiger partial charge in [-0.3, -0.25) is 4.79 Å². The van der Waals surface area contributed by atoms with Crippen LogP contribution in [0.4, 0.5) is 13.2 Å². The average Bonchev–Trinajstić information content (AvgIpc) is 2.48. The summed E-state index contributed by atoms with van der Waals surface area (Å²) in [4.78, 5) is 12.2. The number of carbonyl (C=O) groups is 1. The summed E-state index contributed by atoms with van der Waals surface area (Å²) in [6.07, 6.45) is -4.66. The Labute approximate surface area is 125 Å². The maximum absolute atomic E-state index is 12.7. The van der Waals surface area contributed by atoms with Gasteiger partial charge < -0.3 is 0 Å². The van der Waals surface area contributed by atoms with Crippen LogP contribution in [-0.4, -0.2) is 5.78 Å². The van der Waals surface area contributed by atoms with Gasteiger partial charge in [-0.25, -0.2) is 0 Å². The first-order chi connectivity index (χ1) is 10.4. The maximum Gasteiger partial charge on any atom is 0.416 e. The molecule has 0 fully saturated rings. The fourth-order valence-electron chi connectivity index (χ4n) is 2.14. The summed E-state index contributed by atoms with van der Waals surface area (Å²) in [6, 6.07) is 15.0. The molecule has 2 aromatic carbocycles. The number of Topliss-reactive ketones (excluding diaryl/α,β-unsaturated/α-hetero) is 1. The average molecular weight is 303 g/mol. The van der Waals surface area contributed by atoms with Gasteiger partial charge in [-0.2, -0.15) is 18.4 Å². The van der Waals surface area contributed by atoms with Crippen molar-refractivity contribution in [2.24, 2.45) is 0 Å². The molecular formula is C17H12F3NO. The van der Waals surface area contributed by atoms with E-state index in [1.807, 2.05) is 6.07 Å². The van der Waals surface area contributed by atoms with Crippen LogP contribution in [0.15, 0.2) is 54.6 Å². The summed E-state index contributed by atoms with van der Waals surface area (Å²) >= 11 is 0. The van der Waals surface area contributed by atoms with Crippen LogP contribution in [0.2, 0.25) is 0 Å². The van der Waals surface area contributed by atoms with Crippen molar-refractivity contribution in [1.82, 2.24) is 0 Å². The highest BCUT2D eigenvalue weighted by Crippen LogP contribution is 2.30. The summed E-state index contributed by atoms with van der Waals surface area (Å²) < 4.78 is 38.0. The van der Waals surface area contributed by atoms with E-state index < -0.39 is 23.4 Å². The van der Waals surface area contributed by atoms with Gasteiger partial charge in [-0.1, -0.05) is 48.5 Å². The zero-order chi connectivity index (χ0) is 16.2. The Balaban J connectivity index is 2.20. The number of carbonyl (C=O) groups excluding carboxylic acids is 1. The highest BCUT2D eigenvalue weighted by atomic mass is 19.4. The van der Waals surface area contributed by atoms with Gasteiger partial charge in [0.25, 0.3) is 0 Å². The molecule has 0 saturated carbocycles. The first-order valence-electron chi connectivity index (χ1n) is 6.55. The van der Waals surface area contributed by atoms with Crippen LogP contribution in [-0.2, 0) is 17.4 Å². The number of hydrogen-bond acceptors (Lipinski definition) is 2. The second-order valence-corrected chi connectivity index (χ2v) is 4.81. The van der Waals surface area contributed by atoms with E-state index in [0.717, 1.165) is 12.1 Å². The molecule has 1 atom stereocenters. The molecule has 0 aliphatic carbocycles. The zero-order valence-electron chi connectivity index (χ0n) is 11.5. The lowest BCUT2D eigenvalue weighted by molar-refractivity contribution is -0.137. The van der Waals surface area contributed by atoms with E-state index >= 15 is 0 Å². The Morgan fingerprint density at radius 3 is 2.36 bits per heavy atom. The van der Waals surface area contributed by atoms with Gasteiger partial charge in [0.15, 0.2) is 5.78 Å². The Bertz CT molecular complexity index is 702. The first-order valence-corrected chi connectivity index (χ1v) is 6.55. The summed E-state index contributed by atoms with van der Waals surface area (Å²) in [5.74, 6) is -1.40. The molecule has 2 nitrogen and oxygen atoms in total. The number of nitriles is 1. The van der Waals surface area contributed by atoms with E-state index in [1.165, 1.54) is 12.1 Å². The SMILES string of the molecule is N#CC(C(=O)Cc1cccc(C(F)(F)F)c1)c1ccccc1. The molecule has 0 saturated heterocycles. The molecule has 0 aromatic heterocycles. The van der Waals surface area contributed by atoms with Gasteiger partial charge in [0.1, 0.15) is 5.92 Å². The van der Waals surface area contributed by atoms with Crippen molar-refractivity contribution in [2.75, 3.05) is 0 Å². The third-order valence-corrected chi connectivity index (χ3v) is 3.22. The van der Waals surface area contributed by atoms with Gasteiger partial charge in [0.2, 0.25) is 0 Å². The molecular weight excluding hydrogens is 291 g/mol. The van der Waals surface area contributed by atoms with Crippen LogP contribution in [0.3, 0.4) is 0 Å². The Kier molecular flexibility index (Phi) is 4.62. The van der Waals surface area contributed by atoms with Gasteiger partial charge in [0, 0.05) is 6.42 Å². The minimum absolute atomic E-state index is 0.211. The van der Waals surface area contributed by atoms with E-state index in [1.54, 1.807) is 30.3 Å². The Morgan fingerprint density at radius 2 is 1.77 bits per heavy atom. The van der Waals surface area contributed by atoms with Crippen molar-refractivity contribution < 1.29 is 18.0 Å². The van der Waals surface area contributed by atoms with Crippen molar-refractivity contribution in [3.05, 3.63) is 71.3 Å². The maximum atomic E-state index is 12.7. The van der Waals surface area contributed by atoms with Crippen LogP contribution in [0.5, 0.6) is 0 Å². The molecule has 0 N–H and O–H groups in total. The van der Waals surface area contributed by atoms with Crippen LogP contribution in [0, 0.1) is 11.3 Å². The summed E-state index contributed by atoms with van der Waals surface area (Å²) in [5, 5.41) is 9.16. The van der Waals surface area contributed by atoms with Gasteiger partial charge in [0.05, 0.1) is 11.6 Å². The fraction of sp³-hybridized carbons (Fsp3) is 0.176. The number of alkyl halides is 3. The molecule has 5 heteroatoms.